The summed E-state index contributed by atoms with van der Waals surface area (Å²) in [6.45, 7) is 2.98. The van der Waals surface area contributed by atoms with Crippen molar-refractivity contribution in [1.82, 2.24) is 4.90 Å². The number of hydrogen-bond acceptors (Lipinski definition) is 5. The summed E-state index contributed by atoms with van der Waals surface area (Å²) >= 11 is 0. The number of amides is 2. The van der Waals surface area contributed by atoms with Crippen molar-refractivity contribution in [3.63, 3.8) is 0 Å². The fourth-order valence-electron chi connectivity index (χ4n) is 2.98. The van der Waals surface area contributed by atoms with Crippen LogP contribution >= 0.6 is 0 Å². The first-order valence-corrected chi connectivity index (χ1v) is 10.0. The quantitative estimate of drug-likeness (QED) is 0.542. The average Bonchev–Trinajstić information content (AvgIpc) is 2.90. The molecule has 1 heterocycles. The minimum atomic E-state index is -3.68. The number of sulfone groups is 1. The molecule has 0 saturated heterocycles. The van der Waals surface area contributed by atoms with Crippen LogP contribution in [-0.4, -0.2) is 49.3 Å². The number of aliphatic imine (C=N–C) groups is 1. The topological polar surface area (TPSA) is 83.9 Å². The first-order chi connectivity index (χ1) is 12.9. The van der Waals surface area contributed by atoms with Crippen LogP contribution in [-0.2, 0) is 15.6 Å². The van der Waals surface area contributed by atoms with Crippen molar-refractivity contribution < 1.29 is 18.0 Å². The average molecular weight is 382 g/mol. The summed E-state index contributed by atoms with van der Waals surface area (Å²) in [5.74, 6) is 1.14. The molecule has 7 heteroatoms. The van der Waals surface area contributed by atoms with Crippen molar-refractivity contribution in [2.24, 2.45) is 4.99 Å². The van der Waals surface area contributed by atoms with Gasteiger partial charge in [0.2, 0.25) is 0 Å². The van der Waals surface area contributed by atoms with Crippen LogP contribution in [0, 0.1) is 0 Å². The fraction of sp³-hybridized carbons (Fsp3) is 0.200. The molecule has 0 aliphatic carbocycles. The molecular formula is C20H18N2O4S. The van der Waals surface area contributed by atoms with Gasteiger partial charge in [-0.25, -0.2) is 13.4 Å². The zero-order valence-corrected chi connectivity index (χ0v) is 15.4. The molecule has 0 N–H and O–H groups in total. The highest BCUT2D eigenvalue weighted by atomic mass is 32.2. The maximum atomic E-state index is 12.9. The van der Waals surface area contributed by atoms with Crippen LogP contribution in [0.25, 0.3) is 0 Å². The van der Waals surface area contributed by atoms with Crippen molar-refractivity contribution in [1.29, 1.82) is 0 Å². The number of fused-ring (bicyclic) bond motifs is 1. The molecule has 1 unspecified atom stereocenters. The molecule has 0 radical (unpaired) electrons. The van der Waals surface area contributed by atoms with Gasteiger partial charge in [0.1, 0.15) is 5.25 Å². The van der Waals surface area contributed by atoms with Crippen LogP contribution in [0.5, 0.6) is 0 Å². The monoisotopic (exact) mass is 382 g/mol. The zero-order chi connectivity index (χ0) is 19.4. The molecule has 2 amide bonds. The van der Waals surface area contributed by atoms with E-state index < -0.39 is 26.9 Å². The van der Waals surface area contributed by atoms with Crippen LogP contribution in [0.3, 0.4) is 0 Å². The Morgan fingerprint density at radius 3 is 2.07 bits per heavy atom. The summed E-state index contributed by atoms with van der Waals surface area (Å²) in [6.07, 6.45) is 0. The number of imide groups is 1. The van der Waals surface area contributed by atoms with Crippen molar-refractivity contribution in [3.05, 3.63) is 77.9 Å². The molecule has 1 aliphatic rings. The molecule has 138 valence electrons. The third-order valence-corrected chi connectivity index (χ3v) is 6.44. The second kappa shape index (κ2) is 7.70. The minimum Gasteiger partial charge on any atom is -0.273 e. The standard InChI is InChI=1S/C20H18N2O4S/c1-2-21-12-16(27(25,26)14-15-8-4-3-5-9-15)13-22-19(23)17-10-6-7-11-18(17)20(22)24/h3-11,16H,1,12-14H2. The highest BCUT2D eigenvalue weighted by Crippen LogP contribution is 2.24. The number of carbonyl (C=O) groups is 2. The van der Waals surface area contributed by atoms with Gasteiger partial charge in [-0.1, -0.05) is 42.5 Å². The molecule has 0 spiro atoms. The number of benzene rings is 2. The number of rotatable bonds is 7. The lowest BCUT2D eigenvalue weighted by atomic mass is 10.1. The SMILES string of the molecule is C=C=NCC(CN1C(=O)c2ccccc2C1=O)S(=O)(=O)Cc1ccccc1. The summed E-state index contributed by atoms with van der Waals surface area (Å²) in [5, 5.41) is -1.03. The number of nitrogens with zero attached hydrogens (tertiary/aromatic N) is 2. The van der Waals surface area contributed by atoms with E-state index in [0.717, 1.165) is 4.90 Å². The highest BCUT2D eigenvalue weighted by Gasteiger charge is 2.39. The van der Waals surface area contributed by atoms with Crippen LogP contribution in [0.4, 0.5) is 0 Å². The predicted octanol–water partition coefficient (Wildman–Crippen LogP) is 2.12. The van der Waals surface area contributed by atoms with Gasteiger partial charge in [0.25, 0.3) is 11.8 Å². The number of hydrogen-bond donors (Lipinski definition) is 0. The first kappa shape index (κ1) is 18.8. The Morgan fingerprint density at radius 2 is 1.52 bits per heavy atom. The van der Waals surface area contributed by atoms with Crippen LogP contribution in [0.1, 0.15) is 26.3 Å². The lowest BCUT2D eigenvalue weighted by molar-refractivity contribution is 0.0655. The van der Waals surface area contributed by atoms with Gasteiger partial charge < -0.3 is 0 Å². The Kier molecular flexibility index (Phi) is 5.35. The molecular weight excluding hydrogens is 364 g/mol. The van der Waals surface area contributed by atoms with Gasteiger partial charge >= 0.3 is 0 Å². The third kappa shape index (κ3) is 3.89. The molecule has 2 aromatic carbocycles. The zero-order valence-electron chi connectivity index (χ0n) is 14.5. The van der Waals surface area contributed by atoms with Crippen molar-refractivity contribution in [3.8, 4) is 0 Å². The van der Waals surface area contributed by atoms with Crippen LogP contribution in [0.2, 0.25) is 0 Å². The van der Waals surface area contributed by atoms with E-state index in [2.05, 4.69) is 17.4 Å². The van der Waals surface area contributed by atoms with E-state index in [0.29, 0.717) is 5.56 Å². The molecule has 1 aliphatic heterocycles. The maximum Gasteiger partial charge on any atom is 0.261 e. The first-order valence-electron chi connectivity index (χ1n) is 8.33. The van der Waals surface area contributed by atoms with Crippen molar-refractivity contribution in [2.75, 3.05) is 13.1 Å². The summed E-state index contributed by atoms with van der Waals surface area (Å²) in [7, 11) is -3.68. The number of carbonyl (C=O) groups excluding carboxylic acids is 2. The smallest absolute Gasteiger partial charge is 0.261 e. The second-order valence-electron chi connectivity index (χ2n) is 6.18. The second-order valence-corrected chi connectivity index (χ2v) is 8.46. The molecule has 0 aromatic heterocycles. The van der Waals surface area contributed by atoms with E-state index in [1.165, 1.54) is 0 Å². The molecule has 2 aromatic rings. The van der Waals surface area contributed by atoms with Gasteiger partial charge in [-0.2, -0.15) is 0 Å². The van der Waals surface area contributed by atoms with Crippen molar-refractivity contribution >= 4 is 27.5 Å². The predicted molar refractivity (Wildman–Crippen MR) is 103 cm³/mol. The Balaban J connectivity index is 1.87. The van der Waals surface area contributed by atoms with E-state index in [1.807, 2.05) is 0 Å². The maximum absolute atomic E-state index is 12.9. The van der Waals surface area contributed by atoms with Crippen LogP contribution < -0.4 is 0 Å². The van der Waals surface area contributed by atoms with E-state index >= 15 is 0 Å². The van der Waals surface area contributed by atoms with E-state index in [4.69, 9.17) is 0 Å². The Labute approximate surface area is 157 Å². The summed E-state index contributed by atoms with van der Waals surface area (Å²) < 4.78 is 25.8. The van der Waals surface area contributed by atoms with Gasteiger partial charge in [-0.15, -0.1) is 0 Å². The Morgan fingerprint density at radius 1 is 0.963 bits per heavy atom. The van der Waals surface area contributed by atoms with Gasteiger partial charge in [-0.05, 0) is 30.1 Å². The highest BCUT2D eigenvalue weighted by molar-refractivity contribution is 7.91. The summed E-state index contributed by atoms with van der Waals surface area (Å²) in [6, 6.07) is 15.2. The summed E-state index contributed by atoms with van der Waals surface area (Å²) in [5.41, 5.74) is 1.20. The molecule has 3 rings (SSSR count). The van der Waals surface area contributed by atoms with E-state index in [9.17, 15) is 18.0 Å². The Hall–Kier alpha value is -3.02. The molecule has 0 bridgehead atoms. The molecule has 1 atom stereocenters. The molecule has 27 heavy (non-hydrogen) atoms. The van der Waals surface area contributed by atoms with Gasteiger partial charge in [0.15, 0.2) is 9.84 Å². The Bertz CT molecular complexity index is 990. The molecule has 6 nitrogen and oxygen atoms in total. The third-order valence-electron chi connectivity index (χ3n) is 4.39. The lowest BCUT2D eigenvalue weighted by Gasteiger charge is -2.21. The van der Waals surface area contributed by atoms with E-state index in [1.54, 1.807) is 54.6 Å². The van der Waals surface area contributed by atoms with Gasteiger partial charge in [-0.3, -0.25) is 14.5 Å². The molecule has 0 saturated carbocycles. The normalized spacial score (nSPS) is 14.6. The summed E-state index contributed by atoms with van der Waals surface area (Å²) in [4.78, 5) is 29.9. The lowest BCUT2D eigenvalue weighted by Crippen LogP contribution is -2.42. The van der Waals surface area contributed by atoms with Gasteiger partial charge in [0, 0.05) is 6.54 Å². The van der Waals surface area contributed by atoms with Gasteiger partial charge in [0.05, 0.1) is 23.4 Å². The molecule has 0 fully saturated rings. The minimum absolute atomic E-state index is 0.119. The van der Waals surface area contributed by atoms with Crippen molar-refractivity contribution in [2.45, 2.75) is 11.0 Å². The van der Waals surface area contributed by atoms with E-state index in [-0.39, 0.29) is 30.0 Å². The fourth-order valence-corrected chi connectivity index (χ4v) is 4.55. The van der Waals surface area contributed by atoms with Crippen LogP contribution in [0.15, 0.2) is 66.2 Å². The largest absolute Gasteiger partial charge is 0.273 e.